The van der Waals surface area contributed by atoms with Crippen LogP contribution in [0.2, 0.25) is 0 Å². The molecule has 3 aromatic carbocycles. The van der Waals surface area contributed by atoms with E-state index in [0.717, 1.165) is 11.4 Å². The minimum Gasteiger partial charge on any atom is -0.493 e. The lowest BCUT2D eigenvalue weighted by atomic mass is 10.1. The first-order chi connectivity index (χ1) is 14.0. The van der Waals surface area contributed by atoms with Gasteiger partial charge in [-0.25, -0.2) is 0 Å². The molecule has 2 N–H and O–H groups in total. The second-order valence-corrected chi connectivity index (χ2v) is 6.44. The van der Waals surface area contributed by atoms with E-state index in [9.17, 15) is 4.79 Å². The van der Waals surface area contributed by atoms with Gasteiger partial charge in [0, 0.05) is 22.6 Å². The number of methoxy groups -OCH3 is 3. The summed E-state index contributed by atoms with van der Waals surface area (Å²) in [6.07, 6.45) is 0. The molecule has 29 heavy (non-hydrogen) atoms. The van der Waals surface area contributed by atoms with Crippen LogP contribution in [-0.2, 0) is 0 Å². The molecule has 150 valence electrons. The molecule has 3 rings (SSSR count). The Morgan fingerprint density at radius 3 is 1.93 bits per heavy atom. The SMILES string of the molecule is COc1cc(C(=O)Nc2ccc(Nc3cccc(C)c3)cc2)cc(OC)c1OC. The lowest BCUT2D eigenvalue weighted by Crippen LogP contribution is -2.12. The summed E-state index contributed by atoms with van der Waals surface area (Å²) in [6.45, 7) is 2.05. The van der Waals surface area contributed by atoms with Crippen LogP contribution in [0.3, 0.4) is 0 Å². The second kappa shape index (κ2) is 9.01. The van der Waals surface area contributed by atoms with Gasteiger partial charge >= 0.3 is 0 Å². The minimum atomic E-state index is -0.274. The third kappa shape index (κ3) is 4.79. The number of hydrogen-bond donors (Lipinski definition) is 2. The quantitative estimate of drug-likeness (QED) is 0.591. The molecule has 1 amide bonds. The molecule has 0 bridgehead atoms. The van der Waals surface area contributed by atoms with Crippen LogP contribution in [0.15, 0.2) is 60.7 Å². The van der Waals surface area contributed by atoms with Crippen LogP contribution in [0.25, 0.3) is 0 Å². The van der Waals surface area contributed by atoms with Gasteiger partial charge < -0.3 is 24.8 Å². The van der Waals surface area contributed by atoms with E-state index in [2.05, 4.69) is 16.7 Å². The second-order valence-electron chi connectivity index (χ2n) is 6.44. The van der Waals surface area contributed by atoms with E-state index in [4.69, 9.17) is 14.2 Å². The highest BCUT2D eigenvalue weighted by molar-refractivity contribution is 6.05. The fraction of sp³-hybridized carbons (Fsp3) is 0.174. The third-order valence-corrected chi connectivity index (χ3v) is 4.38. The zero-order valence-corrected chi connectivity index (χ0v) is 16.9. The summed E-state index contributed by atoms with van der Waals surface area (Å²) in [7, 11) is 4.55. The number of rotatable bonds is 7. The van der Waals surface area contributed by atoms with Crippen molar-refractivity contribution in [3.63, 3.8) is 0 Å². The predicted molar refractivity (Wildman–Crippen MR) is 115 cm³/mol. The van der Waals surface area contributed by atoms with Crippen molar-refractivity contribution in [3.05, 3.63) is 71.8 Å². The Kier molecular flexibility index (Phi) is 6.24. The van der Waals surface area contributed by atoms with Crippen molar-refractivity contribution in [1.82, 2.24) is 0 Å². The summed E-state index contributed by atoms with van der Waals surface area (Å²) in [5.74, 6) is 1.02. The van der Waals surface area contributed by atoms with Crippen LogP contribution in [-0.4, -0.2) is 27.2 Å². The molecule has 0 saturated carbocycles. The summed E-state index contributed by atoms with van der Waals surface area (Å²) in [5, 5.41) is 6.22. The topological polar surface area (TPSA) is 68.8 Å². The molecule has 0 aliphatic heterocycles. The number of carbonyl (C=O) groups excluding carboxylic acids is 1. The Hall–Kier alpha value is -3.67. The molecule has 3 aromatic rings. The predicted octanol–water partition coefficient (Wildman–Crippen LogP) is 5.02. The Labute approximate surface area is 170 Å². The number of anilines is 3. The molecular formula is C23H24N2O4. The fourth-order valence-corrected chi connectivity index (χ4v) is 2.94. The average molecular weight is 392 g/mol. The number of amides is 1. The molecule has 0 aliphatic carbocycles. The van der Waals surface area contributed by atoms with E-state index in [-0.39, 0.29) is 5.91 Å². The number of carbonyl (C=O) groups is 1. The van der Waals surface area contributed by atoms with Crippen molar-refractivity contribution in [2.75, 3.05) is 32.0 Å². The van der Waals surface area contributed by atoms with E-state index in [1.165, 1.54) is 26.9 Å². The Bertz CT molecular complexity index is 975. The monoisotopic (exact) mass is 392 g/mol. The first-order valence-electron chi connectivity index (χ1n) is 9.09. The van der Waals surface area contributed by atoms with Gasteiger partial charge in [-0.3, -0.25) is 4.79 Å². The normalized spacial score (nSPS) is 10.2. The third-order valence-electron chi connectivity index (χ3n) is 4.38. The number of aryl methyl sites for hydroxylation is 1. The van der Waals surface area contributed by atoms with Crippen LogP contribution in [0, 0.1) is 6.92 Å². The molecule has 0 heterocycles. The van der Waals surface area contributed by atoms with E-state index in [1.807, 2.05) is 49.4 Å². The van der Waals surface area contributed by atoms with Gasteiger partial charge in [0.2, 0.25) is 5.75 Å². The maximum atomic E-state index is 12.7. The molecule has 0 fully saturated rings. The Balaban J connectivity index is 1.74. The molecule has 0 aromatic heterocycles. The number of benzene rings is 3. The standard InChI is InChI=1S/C23H24N2O4/c1-15-6-5-7-19(12-15)24-17-8-10-18(11-9-17)25-23(26)16-13-20(27-2)22(29-4)21(14-16)28-3/h5-14,24H,1-4H3,(H,25,26). The van der Waals surface area contributed by atoms with E-state index in [0.29, 0.717) is 28.5 Å². The Morgan fingerprint density at radius 1 is 0.759 bits per heavy atom. The molecular weight excluding hydrogens is 368 g/mol. The summed E-state index contributed by atoms with van der Waals surface area (Å²) >= 11 is 0. The molecule has 6 nitrogen and oxygen atoms in total. The first-order valence-corrected chi connectivity index (χ1v) is 9.09. The van der Waals surface area contributed by atoms with Crippen LogP contribution in [0.4, 0.5) is 17.1 Å². The molecule has 0 saturated heterocycles. The summed E-state index contributed by atoms with van der Waals surface area (Å²) in [6, 6.07) is 18.9. The van der Waals surface area contributed by atoms with Gasteiger partial charge in [0.15, 0.2) is 11.5 Å². The fourth-order valence-electron chi connectivity index (χ4n) is 2.94. The summed E-state index contributed by atoms with van der Waals surface area (Å²) < 4.78 is 15.9. The smallest absolute Gasteiger partial charge is 0.255 e. The van der Waals surface area contributed by atoms with Gasteiger partial charge in [-0.2, -0.15) is 0 Å². The van der Waals surface area contributed by atoms with Gasteiger partial charge in [0.25, 0.3) is 5.91 Å². The van der Waals surface area contributed by atoms with E-state index < -0.39 is 0 Å². The molecule has 0 spiro atoms. The van der Waals surface area contributed by atoms with Crippen molar-refractivity contribution < 1.29 is 19.0 Å². The number of nitrogens with one attached hydrogen (secondary N) is 2. The maximum absolute atomic E-state index is 12.7. The van der Waals surface area contributed by atoms with Crippen LogP contribution in [0.1, 0.15) is 15.9 Å². The van der Waals surface area contributed by atoms with Gasteiger partial charge in [-0.1, -0.05) is 12.1 Å². The van der Waals surface area contributed by atoms with Gasteiger partial charge in [-0.15, -0.1) is 0 Å². The van der Waals surface area contributed by atoms with Crippen LogP contribution >= 0.6 is 0 Å². The average Bonchev–Trinajstić information content (AvgIpc) is 2.74. The zero-order chi connectivity index (χ0) is 20.8. The molecule has 6 heteroatoms. The maximum Gasteiger partial charge on any atom is 0.255 e. The van der Waals surface area contributed by atoms with E-state index >= 15 is 0 Å². The van der Waals surface area contributed by atoms with Crippen LogP contribution < -0.4 is 24.8 Å². The lowest BCUT2D eigenvalue weighted by molar-refractivity contribution is 0.102. The largest absolute Gasteiger partial charge is 0.493 e. The molecule has 0 aliphatic rings. The van der Waals surface area contributed by atoms with Crippen molar-refractivity contribution in [2.24, 2.45) is 0 Å². The summed E-state index contributed by atoms with van der Waals surface area (Å²) in [4.78, 5) is 12.7. The van der Waals surface area contributed by atoms with Crippen molar-refractivity contribution >= 4 is 23.0 Å². The highest BCUT2D eigenvalue weighted by Gasteiger charge is 2.17. The van der Waals surface area contributed by atoms with Crippen LogP contribution in [0.5, 0.6) is 17.2 Å². The van der Waals surface area contributed by atoms with Crippen molar-refractivity contribution in [1.29, 1.82) is 0 Å². The molecule has 0 atom stereocenters. The zero-order valence-electron chi connectivity index (χ0n) is 16.9. The van der Waals surface area contributed by atoms with E-state index in [1.54, 1.807) is 12.1 Å². The molecule has 0 radical (unpaired) electrons. The van der Waals surface area contributed by atoms with Gasteiger partial charge in [0.05, 0.1) is 21.3 Å². The van der Waals surface area contributed by atoms with Crippen molar-refractivity contribution in [2.45, 2.75) is 6.92 Å². The highest BCUT2D eigenvalue weighted by Crippen LogP contribution is 2.38. The molecule has 0 unspecified atom stereocenters. The lowest BCUT2D eigenvalue weighted by Gasteiger charge is -2.14. The van der Waals surface area contributed by atoms with Gasteiger partial charge in [0.1, 0.15) is 0 Å². The van der Waals surface area contributed by atoms with Gasteiger partial charge in [-0.05, 0) is 61.0 Å². The highest BCUT2D eigenvalue weighted by atomic mass is 16.5. The minimum absolute atomic E-state index is 0.274. The van der Waals surface area contributed by atoms with Crippen molar-refractivity contribution in [3.8, 4) is 17.2 Å². The summed E-state index contributed by atoms with van der Waals surface area (Å²) in [5.41, 5.74) is 4.21. The number of ether oxygens (including phenoxy) is 3. The first kappa shape index (κ1) is 20.1. The number of hydrogen-bond acceptors (Lipinski definition) is 5. The Morgan fingerprint density at radius 2 is 1.38 bits per heavy atom.